The zero-order valence-electron chi connectivity index (χ0n) is 9.77. The van der Waals surface area contributed by atoms with Crippen LogP contribution in [0.2, 0.25) is 0 Å². The highest BCUT2D eigenvalue weighted by Gasteiger charge is 2.08. The minimum atomic E-state index is 0.123. The van der Waals surface area contributed by atoms with Gasteiger partial charge in [0.2, 0.25) is 12.3 Å². The van der Waals surface area contributed by atoms with Crippen LogP contribution in [0.3, 0.4) is 0 Å². The summed E-state index contributed by atoms with van der Waals surface area (Å²) < 4.78 is 4.60. The highest BCUT2D eigenvalue weighted by molar-refractivity contribution is 5.78. The quantitative estimate of drug-likeness (QED) is 0.666. The lowest BCUT2D eigenvalue weighted by molar-refractivity contribution is -0.129. The summed E-state index contributed by atoms with van der Waals surface area (Å²) >= 11 is 0. The minimum Gasteiger partial charge on any atom is -0.343 e. The fourth-order valence-corrected chi connectivity index (χ4v) is 1.39. The largest absolute Gasteiger partial charge is 0.343 e. The van der Waals surface area contributed by atoms with Crippen molar-refractivity contribution in [3.63, 3.8) is 0 Å². The summed E-state index contributed by atoms with van der Waals surface area (Å²) in [6.45, 7) is 6.48. The molecule has 0 radical (unpaired) electrons. The number of hydrogen-bond donors (Lipinski definition) is 1. The Bertz CT molecular complexity index is 296. The van der Waals surface area contributed by atoms with Gasteiger partial charge in [0.05, 0.1) is 6.54 Å². The first-order valence-electron chi connectivity index (χ1n) is 5.51. The molecule has 1 amide bonds. The van der Waals surface area contributed by atoms with Crippen molar-refractivity contribution in [1.29, 1.82) is 0 Å². The molecule has 1 aromatic heterocycles. The number of hydrogen-bond acceptors (Lipinski definition) is 5. The number of rotatable bonds is 7. The van der Waals surface area contributed by atoms with Crippen molar-refractivity contribution < 1.29 is 9.32 Å². The third kappa shape index (κ3) is 3.98. The molecular formula is C10H18N4O2. The van der Waals surface area contributed by atoms with Gasteiger partial charge in [0.15, 0.2) is 5.82 Å². The molecule has 1 aromatic rings. The SMILES string of the molecule is CCN(CC)C(=O)CNCCc1ncon1. The van der Waals surface area contributed by atoms with E-state index in [1.165, 1.54) is 6.39 Å². The first-order valence-corrected chi connectivity index (χ1v) is 5.51. The van der Waals surface area contributed by atoms with Gasteiger partial charge >= 0.3 is 0 Å². The van der Waals surface area contributed by atoms with Crippen LogP contribution in [0.4, 0.5) is 0 Å². The number of carbonyl (C=O) groups is 1. The highest BCUT2D eigenvalue weighted by atomic mass is 16.5. The van der Waals surface area contributed by atoms with E-state index in [1.807, 2.05) is 13.8 Å². The molecule has 0 aliphatic heterocycles. The molecule has 0 atom stereocenters. The van der Waals surface area contributed by atoms with Gasteiger partial charge in [0, 0.05) is 26.1 Å². The Kier molecular flexibility index (Phi) is 5.49. The Balaban J connectivity index is 2.13. The molecule has 1 N–H and O–H groups in total. The smallest absolute Gasteiger partial charge is 0.236 e. The summed E-state index contributed by atoms with van der Waals surface area (Å²) in [4.78, 5) is 17.3. The Morgan fingerprint density at radius 1 is 1.50 bits per heavy atom. The van der Waals surface area contributed by atoms with E-state index >= 15 is 0 Å². The molecule has 0 unspecified atom stereocenters. The lowest BCUT2D eigenvalue weighted by atomic mass is 10.4. The first kappa shape index (κ1) is 12.6. The van der Waals surface area contributed by atoms with Crippen LogP contribution in [0.1, 0.15) is 19.7 Å². The summed E-state index contributed by atoms with van der Waals surface area (Å²) in [6.07, 6.45) is 1.97. The van der Waals surface area contributed by atoms with E-state index in [9.17, 15) is 4.79 Å². The van der Waals surface area contributed by atoms with Crippen molar-refractivity contribution in [2.45, 2.75) is 20.3 Å². The fourth-order valence-electron chi connectivity index (χ4n) is 1.39. The van der Waals surface area contributed by atoms with E-state index in [0.29, 0.717) is 25.3 Å². The Morgan fingerprint density at radius 3 is 2.81 bits per heavy atom. The van der Waals surface area contributed by atoms with Crippen molar-refractivity contribution in [3.05, 3.63) is 12.2 Å². The molecule has 0 spiro atoms. The first-order chi connectivity index (χ1) is 7.77. The van der Waals surface area contributed by atoms with E-state index in [-0.39, 0.29) is 5.91 Å². The van der Waals surface area contributed by atoms with Gasteiger partial charge in [-0.25, -0.2) is 0 Å². The van der Waals surface area contributed by atoms with Gasteiger partial charge in [0.1, 0.15) is 0 Å². The van der Waals surface area contributed by atoms with Gasteiger partial charge in [0.25, 0.3) is 0 Å². The predicted octanol–water partition coefficient (Wildman–Crippen LogP) is 0.0701. The minimum absolute atomic E-state index is 0.123. The zero-order chi connectivity index (χ0) is 11.8. The van der Waals surface area contributed by atoms with E-state index in [2.05, 4.69) is 20.0 Å². The molecule has 1 rings (SSSR count). The van der Waals surface area contributed by atoms with Gasteiger partial charge in [-0.05, 0) is 13.8 Å². The number of nitrogens with zero attached hydrogens (tertiary/aromatic N) is 3. The normalized spacial score (nSPS) is 10.4. The monoisotopic (exact) mass is 226 g/mol. The summed E-state index contributed by atoms with van der Waals surface area (Å²) in [7, 11) is 0. The maximum absolute atomic E-state index is 11.6. The number of amides is 1. The van der Waals surface area contributed by atoms with Crippen molar-refractivity contribution in [2.24, 2.45) is 0 Å². The molecule has 0 saturated heterocycles. The molecule has 90 valence electrons. The van der Waals surface area contributed by atoms with Crippen LogP contribution in [0.5, 0.6) is 0 Å². The van der Waals surface area contributed by atoms with Gasteiger partial charge < -0.3 is 14.7 Å². The molecule has 16 heavy (non-hydrogen) atoms. The topological polar surface area (TPSA) is 71.3 Å². The maximum Gasteiger partial charge on any atom is 0.236 e. The maximum atomic E-state index is 11.6. The highest BCUT2D eigenvalue weighted by Crippen LogP contribution is 1.89. The summed E-state index contributed by atoms with van der Waals surface area (Å²) in [5.74, 6) is 0.779. The average molecular weight is 226 g/mol. The van der Waals surface area contributed by atoms with Crippen molar-refractivity contribution in [1.82, 2.24) is 20.4 Å². The third-order valence-electron chi connectivity index (χ3n) is 2.32. The van der Waals surface area contributed by atoms with Crippen LogP contribution in [0.15, 0.2) is 10.9 Å². The number of carbonyl (C=O) groups excluding carboxylic acids is 1. The lowest BCUT2D eigenvalue weighted by Crippen LogP contribution is -2.38. The molecule has 0 aliphatic carbocycles. The Labute approximate surface area is 95.0 Å². The second kappa shape index (κ2) is 6.95. The molecule has 6 heteroatoms. The average Bonchev–Trinajstić information content (AvgIpc) is 2.79. The van der Waals surface area contributed by atoms with Crippen molar-refractivity contribution in [2.75, 3.05) is 26.2 Å². The van der Waals surface area contributed by atoms with E-state index in [1.54, 1.807) is 4.90 Å². The number of nitrogens with one attached hydrogen (secondary N) is 1. The van der Waals surface area contributed by atoms with Gasteiger partial charge in [-0.15, -0.1) is 0 Å². The standard InChI is InChI=1S/C10H18N4O2/c1-3-14(4-2)10(15)7-11-6-5-9-12-8-16-13-9/h8,11H,3-7H2,1-2H3. The Morgan fingerprint density at radius 2 is 2.25 bits per heavy atom. The van der Waals surface area contributed by atoms with Crippen molar-refractivity contribution in [3.8, 4) is 0 Å². The van der Waals surface area contributed by atoms with Gasteiger partial charge in [-0.1, -0.05) is 5.16 Å². The second-order valence-electron chi connectivity index (χ2n) is 3.34. The van der Waals surface area contributed by atoms with E-state index in [4.69, 9.17) is 0 Å². The Hall–Kier alpha value is -1.43. The molecular weight excluding hydrogens is 208 g/mol. The molecule has 6 nitrogen and oxygen atoms in total. The number of likely N-dealkylation sites (N-methyl/N-ethyl adjacent to an activating group) is 1. The molecule has 0 fully saturated rings. The van der Waals surface area contributed by atoms with Crippen molar-refractivity contribution >= 4 is 5.91 Å². The predicted molar refractivity (Wildman–Crippen MR) is 58.8 cm³/mol. The molecule has 0 bridgehead atoms. The van der Waals surface area contributed by atoms with E-state index in [0.717, 1.165) is 13.1 Å². The lowest BCUT2D eigenvalue weighted by Gasteiger charge is -2.18. The van der Waals surface area contributed by atoms with Crippen LogP contribution in [0.25, 0.3) is 0 Å². The van der Waals surface area contributed by atoms with Crippen LogP contribution in [-0.2, 0) is 11.2 Å². The van der Waals surface area contributed by atoms with Crippen LogP contribution in [-0.4, -0.2) is 47.1 Å². The summed E-state index contributed by atoms with van der Waals surface area (Å²) in [5.41, 5.74) is 0. The molecule has 0 aromatic carbocycles. The summed E-state index contributed by atoms with van der Waals surface area (Å²) in [5, 5.41) is 6.74. The summed E-state index contributed by atoms with van der Waals surface area (Å²) in [6, 6.07) is 0. The van der Waals surface area contributed by atoms with Gasteiger partial charge in [-0.2, -0.15) is 4.98 Å². The van der Waals surface area contributed by atoms with E-state index < -0.39 is 0 Å². The molecule has 1 heterocycles. The number of aromatic nitrogens is 2. The second-order valence-corrected chi connectivity index (χ2v) is 3.34. The van der Waals surface area contributed by atoms with Gasteiger partial charge in [-0.3, -0.25) is 4.79 Å². The zero-order valence-corrected chi connectivity index (χ0v) is 9.77. The molecule has 0 aliphatic rings. The van der Waals surface area contributed by atoms with Crippen LogP contribution < -0.4 is 5.32 Å². The molecule has 0 saturated carbocycles. The third-order valence-corrected chi connectivity index (χ3v) is 2.32. The van der Waals surface area contributed by atoms with Crippen LogP contribution in [0, 0.1) is 0 Å². The fraction of sp³-hybridized carbons (Fsp3) is 0.700. The van der Waals surface area contributed by atoms with Crippen LogP contribution >= 0.6 is 0 Å².